The van der Waals surface area contributed by atoms with Crippen molar-refractivity contribution in [3.8, 4) is 0 Å². The van der Waals surface area contributed by atoms with Gasteiger partial charge in [0.2, 0.25) is 10.0 Å². The normalized spacial score (nSPS) is 20.2. The maximum atomic E-state index is 13.0. The number of rotatable bonds is 6. The second-order valence-electron chi connectivity index (χ2n) is 7.23. The number of carbonyl (C=O) groups is 1. The van der Waals surface area contributed by atoms with Gasteiger partial charge in [0.25, 0.3) is 5.91 Å². The Labute approximate surface area is 173 Å². The lowest BCUT2D eigenvalue weighted by atomic mass is 9.84. The quantitative estimate of drug-likeness (QED) is 0.714. The van der Waals surface area contributed by atoms with Crippen molar-refractivity contribution in [1.29, 1.82) is 0 Å². The van der Waals surface area contributed by atoms with Crippen LogP contribution in [0.15, 0.2) is 29.2 Å². The van der Waals surface area contributed by atoms with E-state index in [9.17, 15) is 13.2 Å². The Balaban J connectivity index is 0.00000280. The molecular formula is C19H30ClN3O4S. The number of benzene rings is 1. The van der Waals surface area contributed by atoms with Crippen LogP contribution in [0.4, 0.5) is 0 Å². The average molecular weight is 432 g/mol. The van der Waals surface area contributed by atoms with Crippen LogP contribution in [0.25, 0.3) is 0 Å². The third-order valence-electron chi connectivity index (χ3n) is 5.51. The SMILES string of the molecule is Cl.NCC(NC(=O)c1ccccc1S(=O)(=O)N1CCOCC1)C1CCCCC1. The van der Waals surface area contributed by atoms with Crippen LogP contribution in [-0.2, 0) is 14.8 Å². The predicted octanol–water partition coefficient (Wildman–Crippen LogP) is 1.77. The van der Waals surface area contributed by atoms with Gasteiger partial charge in [-0.15, -0.1) is 12.4 Å². The minimum absolute atomic E-state index is 0. The van der Waals surface area contributed by atoms with Crippen LogP contribution in [-0.4, -0.2) is 57.5 Å². The van der Waals surface area contributed by atoms with E-state index in [1.54, 1.807) is 18.2 Å². The zero-order valence-corrected chi connectivity index (χ0v) is 17.6. The number of hydrogen-bond donors (Lipinski definition) is 2. The summed E-state index contributed by atoms with van der Waals surface area (Å²) in [4.78, 5) is 13.0. The number of nitrogens with two attached hydrogens (primary N) is 1. The first kappa shape index (κ1) is 23.1. The lowest BCUT2D eigenvalue weighted by Crippen LogP contribution is -2.46. The highest BCUT2D eigenvalue weighted by Crippen LogP contribution is 2.27. The van der Waals surface area contributed by atoms with Gasteiger partial charge < -0.3 is 15.8 Å². The maximum Gasteiger partial charge on any atom is 0.252 e. The van der Waals surface area contributed by atoms with Crippen LogP contribution in [0.3, 0.4) is 0 Å². The molecule has 1 aliphatic carbocycles. The Kier molecular flexibility index (Phi) is 8.70. The lowest BCUT2D eigenvalue weighted by Gasteiger charge is -2.30. The highest BCUT2D eigenvalue weighted by Gasteiger charge is 2.31. The summed E-state index contributed by atoms with van der Waals surface area (Å²) in [6.07, 6.45) is 5.63. The van der Waals surface area contributed by atoms with Crippen molar-refractivity contribution in [2.24, 2.45) is 11.7 Å². The number of halogens is 1. The summed E-state index contributed by atoms with van der Waals surface area (Å²) in [6, 6.07) is 6.27. The molecule has 2 fully saturated rings. The van der Waals surface area contributed by atoms with Gasteiger partial charge >= 0.3 is 0 Å². The van der Waals surface area contributed by atoms with Crippen molar-refractivity contribution >= 4 is 28.3 Å². The van der Waals surface area contributed by atoms with Gasteiger partial charge in [-0.2, -0.15) is 4.31 Å². The number of nitrogens with one attached hydrogen (secondary N) is 1. The molecule has 1 heterocycles. The average Bonchev–Trinajstić information content (AvgIpc) is 2.73. The zero-order chi connectivity index (χ0) is 19.3. The summed E-state index contributed by atoms with van der Waals surface area (Å²) in [6.45, 7) is 1.68. The Bertz CT molecular complexity index is 747. The first-order chi connectivity index (χ1) is 13.0. The molecule has 7 nitrogen and oxygen atoms in total. The van der Waals surface area contributed by atoms with Crippen LogP contribution < -0.4 is 11.1 Å². The van der Waals surface area contributed by atoms with Crippen molar-refractivity contribution < 1.29 is 17.9 Å². The second kappa shape index (κ2) is 10.5. The molecule has 0 radical (unpaired) electrons. The molecule has 28 heavy (non-hydrogen) atoms. The minimum atomic E-state index is -3.74. The molecule has 0 spiro atoms. The van der Waals surface area contributed by atoms with E-state index in [1.807, 2.05) is 0 Å². The summed E-state index contributed by atoms with van der Waals surface area (Å²) in [5.74, 6) is -0.0147. The summed E-state index contributed by atoms with van der Waals surface area (Å²) in [5, 5.41) is 3.00. The molecule has 2 aliphatic rings. The van der Waals surface area contributed by atoms with Crippen molar-refractivity contribution in [3.05, 3.63) is 29.8 Å². The Morgan fingerprint density at radius 3 is 2.46 bits per heavy atom. The van der Waals surface area contributed by atoms with Gasteiger partial charge in [-0.3, -0.25) is 4.79 Å². The first-order valence-electron chi connectivity index (χ1n) is 9.72. The number of hydrogen-bond acceptors (Lipinski definition) is 5. The number of sulfonamides is 1. The predicted molar refractivity (Wildman–Crippen MR) is 110 cm³/mol. The van der Waals surface area contributed by atoms with E-state index < -0.39 is 10.0 Å². The zero-order valence-electron chi connectivity index (χ0n) is 16.0. The molecule has 1 atom stereocenters. The fourth-order valence-corrected chi connectivity index (χ4v) is 5.55. The molecule has 1 unspecified atom stereocenters. The molecule has 9 heteroatoms. The molecule has 1 amide bonds. The molecule has 0 bridgehead atoms. The molecule has 1 aromatic rings. The molecule has 3 N–H and O–H groups in total. The molecule has 3 rings (SSSR count). The van der Waals surface area contributed by atoms with Gasteiger partial charge in [0.05, 0.1) is 23.7 Å². The van der Waals surface area contributed by atoms with Gasteiger partial charge in [0.1, 0.15) is 0 Å². The number of morpholine rings is 1. The van der Waals surface area contributed by atoms with Crippen molar-refractivity contribution in [1.82, 2.24) is 9.62 Å². The van der Waals surface area contributed by atoms with Crippen LogP contribution in [0.2, 0.25) is 0 Å². The van der Waals surface area contributed by atoms with Gasteiger partial charge in [-0.25, -0.2) is 8.42 Å². The molecule has 158 valence electrons. The summed E-state index contributed by atoms with van der Waals surface area (Å²) in [7, 11) is -3.74. The fraction of sp³-hybridized carbons (Fsp3) is 0.632. The van der Waals surface area contributed by atoms with Gasteiger partial charge in [-0.1, -0.05) is 31.4 Å². The Morgan fingerprint density at radius 1 is 1.18 bits per heavy atom. The Hall–Kier alpha value is -1.19. The van der Waals surface area contributed by atoms with Gasteiger partial charge in [-0.05, 0) is 30.9 Å². The van der Waals surface area contributed by atoms with Crippen molar-refractivity contribution in [3.63, 3.8) is 0 Å². The summed E-state index contributed by atoms with van der Waals surface area (Å²) >= 11 is 0. The van der Waals surface area contributed by atoms with Gasteiger partial charge in [0.15, 0.2) is 0 Å². The molecule has 0 aromatic heterocycles. The molecule has 1 saturated heterocycles. The number of amides is 1. The van der Waals surface area contributed by atoms with E-state index >= 15 is 0 Å². The highest BCUT2D eigenvalue weighted by molar-refractivity contribution is 7.89. The van der Waals surface area contributed by atoms with E-state index in [2.05, 4.69) is 5.32 Å². The van der Waals surface area contributed by atoms with Crippen molar-refractivity contribution in [2.75, 3.05) is 32.8 Å². The second-order valence-corrected chi connectivity index (χ2v) is 9.13. The first-order valence-corrected chi connectivity index (χ1v) is 11.2. The van der Waals surface area contributed by atoms with E-state index in [0.717, 1.165) is 25.7 Å². The third-order valence-corrected chi connectivity index (χ3v) is 7.47. The monoisotopic (exact) mass is 431 g/mol. The van der Waals surface area contributed by atoms with Crippen LogP contribution in [0.5, 0.6) is 0 Å². The third kappa shape index (κ3) is 5.24. The van der Waals surface area contributed by atoms with Crippen LogP contribution >= 0.6 is 12.4 Å². The topological polar surface area (TPSA) is 102 Å². The number of nitrogens with zero attached hydrogens (tertiary/aromatic N) is 1. The Morgan fingerprint density at radius 2 is 1.82 bits per heavy atom. The van der Waals surface area contributed by atoms with Crippen LogP contribution in [0.1, 0.15) is 42.5 Å². The van der Waals surface area contributed by atoms with E-state index in [-0.39, 0.29) is 34.8 Å². The highest BCUT2D eigenvalue weighted by atomic mass is 35.5. The van der Waals surface area contributed by atoms with Crippen molar-refractivity contribution in [2.45, 2.75) is 43.0 Å². The maximum absolute atomic E-state index is 13.0. The standard InChI is InChI=1S/C19H29N3O4S.ClH/c20-14-17(15-6-2-1-3-7-15)21-19(23)16-8-4-5-9-18(16)27(24,25)22-10-12-26-13-11-22;/h4-5,8-9,15,17H,1-3,6-7,10-14,20H2,(H,21,23);1H. The molecule has 1 aliphatic heterocycles. The summed E-state index contributed by atoms with van der Waals surface area (Å²) < 4.78 is 32.7. The smallest absolute Gasteiger partial charge is 0.252 e. The fourth-order valence-electron chi connectivity index (χ4n) is 3.96. The molecule has 1 aromatic carbocycles. The van der Waals surface area contributed by atoms with E-state index in [1.165, 1.54) is 16.8 Å². The number of ether oxygens (including phenoxy) is 1. The largest absolute Gasteiger partial charge is 0.379 e. The summed E-state index contributed by atoms with van der Waals surface area (Å²) in [5.41, 5.74) is 6.09. The van der Waals surface area contributed by atoms with Gasteiger partial charge in [0, 0.05) is 25.7 Å². The number of carbonyl (C=O) groups excluding carboxylic acids is 1. The molecule has 1 saturated carbocycles. The molecular weight excluding hydrogens is 402 g/mol. The van der Waals surface area contributed by atoms with E-state index in [0.29, 0.717) is 38.8 Å². The lowest BCUT2D eigenvalue weighted by molar-refractivity contribution is 0.0729. The minimum Gasteiger partial charge on any atom is -0.379 e. The van der Waals surface area contributed by atoms with E-state index in [4.69, 9.17) is 10.5 Å². The van der Waals surface area contributed by atoms with Crippen LogP contribution in [0, 0.1) is 5.92 Å².